The number of nitrogens with one attached hydrogen (secondary N) is 1. The molecule has 146 valence electrons. The van der Waals surface area contributed by atoms with Gasteiger partial charge in [0.2, 0.25) is 0 Å². The highest BCUT2D eigenvalue weighted by Crippen LogP contribution is 2.25. The van der Waals surface area contributed by atoms with Crippen LogP contribution in [0.15, 0.2) is 60.9 Å². The minimum atomic E-state index is -1.31. The molecule has 2 aromatic carbocycles. The van der Waals surface area contributed by atoms with Crippen molar-refractivity contribution in [3.8, 4) is 11.3 Å². The fourth-order valence-corrected chi connectivity index (χ4v) is 3.44. The Morgan fingerprint density at radius 2 is 1.97 bits per heavy atom. The number of hydrogen-bond donors (Lipinski definition) is 2. The summed E-state index contributed by atoms with van der Waals surface area (Å²) in [5.41, 5.74) is 2.41. The van der Waals surface area contributed by atoms with Crippen molar-refractivity contribution < 1.29 is 14.3 Å². The second kappa shape index (κ2) is 7.71. The van der Waals surface area contributed by atoms with Gasteiger partial charge in [0, 0.05) is 35.9 Å². The first-order valence-electron chi connectivity index (χ1n) is 9.17. The second-order valence-corrected chi connectivity index (χ2v) is 6.68. The fourth-order valence-electron chi connectivity index (χ4n) is 3.44. The van der Waals surface area contributed by atoms with Crippen LogP contribution in [0.4, 0.5) is 10.2 Å². The van der Waals surface area contributed by atoms with Crippen LogP contribution in [0.5, 0.6) is 0 Å². The molecular formula is C22H19FN4O2. The highest BCUT2D eigenvalue weighted by atomic mass is 19.1. The fraction of sp³-hybridized carbons (Fsp3) is 0.136. The number of halogens is 1. The van der Waals surface area contributed by atoms with Gasteiger partial charge in [0.15, 0.2) is 0 Å². The Balaban J connectivity index is 1.52. The highest BCUT2D eigenvalue weighted by molar-refractivity contribution is 5.89. The normalized spacial score (nSPS) is 11.0. The molecule has 0 unspecified atom stereocenters. The molecule has 7 heteroatoms. The third-order valence-corrected chi connectivity index (χ3v) is 4.83. The zero-order chi connectivity index (χ0) is 20.4. The predicted molar refractivity (Wildman–Crippen MR) is 110 cm³/mol. The van der Waals surface area contributed by atoms with Crippen LogP contribution in [0.2, 0.25) is 0 Å². The summed E-state index contributed by atoms with van der Waals surface area (Å²) in [4.78, 5) is 19.4. The van der Waals surface area contributed by atoms with Gasteiger partial charge in [0.1, 0.15) is 18.0 Å². The first kappa shape index (κ1) is 18.6. The molecule has 0 aliphatic rings. The number of aromatic carboxylic acids is 1. The summed E-state index contributed by atoms with van der Waals surface area (Å²) in [6, 6.07) is 16.2. The highest BCUT2D eigenvalue weighted by Gasteiger charge is 2.16. The van der Waals surface area contributed by atoms with E-state index < -0.39 is 11.8 Å². The number of anilines is 1. The molecule has 2 aromatic heterocycles. The molecule has 0 spiro atoms. The lowest BCUT2D eigenvalue weighted by atomic mass is 10.1. The summed E-state index contributed by atoms with van der Waals surface area (Å²) in [5.74, 6) is -1.57. The average molecular weight is 390 g/mol. The molecule has 29 heavy (non-hydrogen) atoms. The number of carboxylic acids is 1. The van der Waals surface area contributed by atoms with E-state index in [-0.39, 0.29) is 11.1 Å². The number of carboxylic acid groups (broad SMARTS) is 1. The molecule has 6 nitrogen and oxygen atoms in total. The number of benzene rings is 2. The Morgan fingerprint density at radius 1 is 1.14 bits per heavy atom. The predicted octanol–water partition coefficient (Wildman–Crippen LogP) is 4.36. The topological polar surface area (TPSA) is 80.0 Å². The number of nitrogens with zero attached hydrogens (tertiary/aromatic N) is 3. The van der Waals surface area contributed by atoms with Crippen LogP contribution in [-0.2, 0) is 6.54 Å². The maximum absolute atomic E-state index is 14.5. The van der Waals surface area contributed by atoms with Crippen molar-refractivity contribution in [2.24, 2.45) is 0 Å². The van der Waals surface area contributed by atoms with Crippen molar-refractivity contribution in [1.82, 2.24) is 14.5 Å². The maximum Gasteiger partial charge on any atom is 0.338 e. The summed E-state index contributed by atoms with van der Waals surface area (Å²) < 4.78 is 16.7. The summed E-state index contributed by atoms with van der Waals surface area (Å²) in [7, 11) is 0. The summed E-state index contributed by atoms with van der Waals surface area (Å²) in [6.07, 6.45) is 1.33. The van der Waals surface area contributed by atoms with Gasteiger partial charge in [-0.1, -0.05) is 24.3 Å². The number of carbonyl (C=O) groups is 1. The summed E-state index contributed by atoms with van der Waals surface area (Å²) >= 11 is 0. The van der Waals surface area contributed by atoms with Gasteiger partial charge in [0.25, 0.3) is 0 Å². The number of hydrogen-bond acceptors (Lipinski definition) is 4. The Kier molecular flexibility index (Phi) is 4.95. The average Bonchev–Trinajstić information content (AvgIpc) is 3.03. The summed E-state index contributed by atoms with van der Waals surface area (Å²) in [5, 5.41) is 13.5. The molecule has 0 radical (unpaired) electrons. The molecule has 0 aliphatic heterocycles. The number of rotatable bonds is 6. The molecular weight excluding hydrogens is 371 g/mol. The number of aryl methyl sites for hydroxylation is 1. The third-order valence-electron chi connectivity index (χ3n) is 4.83. The monoisotopic (exact) mass is 390 g/mol. The molecule has 0 aliphatic carbocycles. The molecule has 4 rings (SSSR count). The Morgan fingerprint density at radius 3 is 2.79 bits per heavy atom. The van der Waals surface area contributed by atoms with Gasteiger partial charge in [-0.25, -0.2) is 19.2 Å². The van der Waals surface area contributed by atoms with E-state index in [1.165, 1.54) is 41.1 Å². The molecule has 0 amide bonds. The molecule has 0 saturated carbocycles. The van der Waals surface area contributed by atoms with Crippen molar-refractivity contribution in [1.29, 1.82) is 0 Å². The number of fused-ring (bicyclic) bond motifs is 1. The van der Waals surface area contributed by atoms with Crippen LogP contribution in [-0.4, -0.2) is 32.2 Å². The van der Waals surface area contributed by atoms with E-state index in [9.17, 15) is 9.18 Å². The minimum Gasteiger partial charge on any atom is -0.478 e. The van der Waals surface area contributed by atoms with Gasteiger partial charge in [0.05, 0.1) is 11.3 Å². The van der Waals surface area contributed by atoms with E-state index in [1.54, 1.807) is 6.07 Å². The van der Waals surface area contributed by atoms with Crippen LogP contribution < -0.4 is 5.32 Å². The van der Waals surface area contributed by atoms with E-state index in [1.807, 2.05) is 12.1 Å². The van der Waals surface area contributed by atoms with Crippen molar-refractivity contribution in [2.75, 3.05) is 11.9 Å². The molecule has 0 saturated heterocycles. The molecule has 0 atom stereocenters. The Hall–Kier alpha value is -3.74. The standard InChI is InChI=1S/C22H19FN4O2/c1-14-11-15-5-2-3-8-19(15)27(14)10-9-24-20-12-18(25-13-26-20)16-6-4-7-17(21(16)23)22(28)29/h2-8,11-13H,9-10H2,1H3,(H,28,29)(H,24,25,26). The molecule has 0 fully saturated rings. The molecule has 2 N–H and O–H groups in total. The van der Waals surface area contributed by atoms with Crippen molar-refractivity contribution >= 4 is 22.7 Å². The van der Waals surface area contributed by atoms with Crippen molar-refractivity contribution in [3.63, 3.8) is 0 Å². The van der Waals surface area contributed by atoms with Crippen molar-refractivity contribution in [2.45, 2.75) is 13.5 Å². The van der Waals surface area contributed by atoms with Crippen LogP contribution in [0.25, 0.3) is 22.2 Å². The van der Waals surface area contributed by atoms with Crippen LogP contribution >= 0.6 is 0 Å². The third kappa shape index (κ3) is 3.67. The maximum atomic E-state index is 14.5. The van der Waals surface area contributed by atoms with E-state index in [0.717, 1.165) is 6.54 Å². The van der Waals surface area contributed by atoms with E-state index in [0.29, 0.717) is 18.1 Å². The second-order valence-electron chi connectivity index (χ2n) is 6.68. The van der Waals surface area contributed by atoms with Crippen LogP contribution in [0.1, 0.15) is 16.1 Å². The van der Waals surface area contributed by atoms with Crippen LogP contribution in [0, 0.1) is 12.7 Å². The van der Waals surface area contributed by atoms with E-state index >= 15 is 0 Å². The minimum absolute atomic E-state index is 0.127. The lowest BCUT2D eigenvalue weighted by molar-refractivity contribution is 0.0692. The molecule has 2 heterocycles. The lowest BCUT2D eigenvalue weighted by Crippen LogP contribution is -2.12. The quantitative estimate of drug-likeness (QED) is 0.511. The van der Waals surface area contributed by atoms with Gasteiger partial charge < -0.3 is 15.0 Å². The van der Waals surface area contributed by atoms with Gasteiger partial charge in [-0.15, -0.1) is 0 Å². The largest absolute Gasteiger partial charge is 0.478 e. The first-order valence-corrected chi connectivity index (χ1v) is 9.17. The number of para-hydroxylation sites is 1. The van der Waals surface area contributed by atoms with Crippen molar-refractivity contribution in [3.05, 3.63) is 78.0 Å². The number of aromatic nitrogens is 3. The molecule has 4 aromatic rings. The van der Waals surface area contributed by atoms with Gasteiger partial charge in [-0.3, -0.25) is 0 Å². The first-order chi connectivity index (χ1) is 14.0. The Bertz CT molecular complexity index is 1200. The SMILES string of the molecule is Cc1cc2ccccc2n1CCNc1cc(-c2cccc(C(=O)O)c2F)ncn1. The van der Waals surface area contributed by atoms with Crippen LogP contribution in [0.3, 0.4) is 0 Å². The zero-order valence-electron chi connectivity index (χ0n) is 15.8. The van der Waals surface area contributed by atoms with Gasteiger partial charge >= 0.3 is 5.97 Å². The smallest absolute Gasteiger partial charge is 0.338 e. The van der Waals surface area contributed by atoms with E-state index in [4.69, 9.17) is 5.11 Å². The van der Waals surface area contributed by atoms with Gasteiger partial charge in [-0.05, 0) is 36.6 Å². The zero-order valence-corrected chi connectivity index (χ0v) is 15.8. The van der Waals surface area contributed by atoms with Gasteiger partial charge in [-0.2, -0.15) is 0 Å². The lowest BCUT2D eigenvalue weighted by Gasteiger charge is -2.11. The Labute approximate surface area is 166 Å². The van der Waals surface area contributed by atoms with E-state index in [2.05, 4.69) is 45.0 Å². The molecule has 0 bridgehead atoms. The summed E-state index contributed by atoms with van der Waals surface area (Å²) in [6.45, 7) is 3.43.